The third-order valence-electron chi connectivity index (χ3n) is 4.12. The summed E-state index contributed by atoms with van der Waals surface area (Å²) in [5.74, 6) is -0.421. The second-order valence-corrected chi connectivity index (χ2v) is 7.15. The molecule has 0 bridgehead atoms. The van der Waals surface area contributed by atoms with Gasteiger partial charge >= 0.3 is 6.09 Å². The average molecular weight is 392 g/mol. The van der Waals surface area contributed by atoms with Crippen molar-refractivity contribution in [2.75, 3.05) is 6.54 Å². The number of rotatable bonds is 11. The van der Waals surface area contributed by atoms with E-state index in [-0.39, 0.29) is 24.3 Å². The molecule has 0 fully saturated rings. The van der Waals surface area contributed by atoms with Crippen LogP contribution in [0.5, 0.6) is 0 Å². The van der Waals surface area contributed by atoms with Crippen molar-refractivity contribution < 1.29 is 19.1 Å². The number of hydrogen-bond acceptors (Lipinski definition) is 4. The first kappa shape index (κ1) is 23.5. The smallest absolute Gasteiger partial charge is 0.408 e. The summed E-state index contributed by atoms with van der Waals surface area (Å²) >= 11 is 0. The van der Waals surface area contributed by atoms with Gasteiger partial charge in [0.15, 0.2) is 0 Å². The molecule has 3 N–H and O–H groups in total. The minimum Gasteiger partial charge on any atom is -0.445 e. The maximum Gasteiger partial charge on any atom is 0.408 e. The standard InChI is InChI=1S/C21H33N3O4/c1-5-12-22-19(25)17(6-2)23-20(26)18(13-15(3)4)24-21(27)28-14-16-10-8-7-9-11-16/h7-11,15,17-18H,5-6,12-14H2,1-4H3,(H,22,25)(H,23,26)(H,24,27)/t17-,18-/m0/s1. The van der Waals surface area contributed by atoms with Crippen molar-refractivity contribution in [3.05, 3.63) is 35.9 Å². The summed E-state index contributed by atoms with van der Waals surface area (Å²) in [6, 6.07) is 7.92. The summed E-state index contributed by atoms with van der Waals surface area (Å²) in [6.45, 7) is 8.40. The van der Waals surface area contributed by atoms with Gasteiger partial charge in [-0.2, -0.15) is 0 Å². The second-order valence-electron chi connectivity index (χ2n) is 7.15. The molecule has 0 saturated heterocycles. The molecule has 0 heterocycles. The van der Waals surface area contributed by atoms with Gasteiger partial charge in [-0.3, -0.25) is 9.59 Å². The number of nitrogens with one attached hydrogen (secondary N) is 3. The highest BCUT2D eigenvalue weighted by Gasteiger charge is 2.26. The monoisotopic (exact) mass is 391 g/mol. The summed E-state index contributed by atoms with van der Waals surface area (Å²) in [5.41, 5.74) is 0.862. The molecule has 2 atom stereocenters. The lowest BCUT2D eigenvalue weighted by Crippen LogP contribution is -2.54. The molecule has 0 aromatic heterocycles. The number of hydrogen-bond donors (Lipinski definition) is 3. The van der Waals surface area contributed by atoms with E-state index in [4.69, 9.17) is 4.74 Å². The van der Waals surface area contributed by atoms with Gasteiger partial charge in [0.25, 0.3) is 0 Å². The van der Waals surface area contributed by atoms with Crippen molar-refractivity contribution in [2.45, 2.75) is 65.6 Å². The van der Waals surface area contributed by atoms with E-state index in [1.54, 1.807) is 0 Å². The summed E-state index contributed by atoms with van der Waals surface area (Å²) in [4.78, 5) is 37.0. The van der Waals surface area contributed by atoms with Crippen LogP contribution in [0.3, 0.4) is 0 Å². The highest BCUT2D eigenvalue weighted by Crippen LogP contribution is 2.07. The topological polar surface area (TPSA) is 96.5 Å². The van der Waals surface area contributed by atoms with Crippen molar-refractivity contribution >= 4 is 17.9 Å². The Morgan fingerprint density at radius 3 is 2.21 bits per heavy atom. The molecule has 3 amide bonds. The third kappa shape index (κ3) is 8.88. The van der Waals surface area contributed by atoms with E-state index in [2.05, 4.69) is 16.0 Å². The quantitative estimate of drug-likeness (QED) is 0.540. The van der Waals surface area contributed by atoms with Gasteiger partial charge in [0, 0.05) is 6.54 Å². The number of amides is 3. The molecule has 0 unspecified atom stereocenters. The van der Waals surface area contributed by atoms with Gasteiger partial charge in [0.1, 0.15) is 18.7 Å². The van der Waals surface area contributed by atoms with Gasteiger partial charge in [-0.15, -0.1) is 0 Å². The molecule has 0 aliphatic rings. The minimum absolute atomic E-state index is 0.125. The molecule has 0 aliphatic heterocycles. The SMILES string of the molecule is CCCNC(=O)[C@H](CC)NC(=O)[C@H](CC(C)C)NC(=O)OCc1ccccc1. The fraction of sp³-hybridized carbons (Fsp3) is 0.571. The predicted octanol–water partition coefficient (Wildman–Crippen LogP) is 2.75. The molecule has 0 saturated carbocycles. The fourth-order valence-corrected chi connectivity index (χ4v) is 2.61. The van der Waals surface area contributed by atoms with Gasteiger partial charge in [0.2, 0.25) is 11.8 Å². The Balaban J connectivity index is 2.65. The molecule has 7 heteroatoms. The molecule has 7 nitrogen and oxygen atoms in total. The summed E-state index contributed by atoms with van der Waals surface area (Å²) in [7, 11) is 0. The van der Waals surface area contributed by atoms with Crippen LogP contribution >= 0.6 is 0 Å². The molecule has 156 valence electrons. The number of ether oxygens (including phenoxy) is 1. The van der Waals surface area contributed by atoms with Crippen molar-refractivity contribution in [1.82, 2.24) is 16.0 Å². The van der Waals surface area contributed by atoms with Crippen LogP contribution in [0.1, 0.15) is 52.5 Å². The molecule has 0 radical (unpaired) electrons. The highest BCUT2D eigenvalue weighted by atomic mass is 16.5. The van der Waals surface area contributed by atoms with Gasteiger partial charge in [-0.25, -0.2) is 4.79 Å². The van der Waals surface area contributed by atoms with Crippen LogP contribution < -0.4 is 16.0 Å². The Hall–Kier alpha value is -2.57. The van der Waals surface area contributed by atoms with E-state index in [0.717, 1.165) is 12.0 Å². The molecule has 1 aromatic rings. The Bertz CT molecular complexity index is 619. The summed E-state index contributed by atoms with van der Waals surface area (Å²) in [5, 5.41) is 8.15. The maximum absolute atomic E-state index is 12.7. The molecule has 1 aromatic carbocycles. The van der Waals surface area contributed by atoms with Crippen LogP contribution in [0.25, 0.3) is 0 Å². The maximum atomic E-state index is 12.7. The van der Waals surface area contributed by atoms with E-state index in [1.807, 2.05) is 58.0 Å². The zero-order valence-corrected chi connectivity index (χ0v) is 17.3. The van der Waals surface area contributed by atoms with E-state index in [9.17, 15) is 14.4 Å². The lowest BCUT2D eigenvalue weighted by atomic mass is 10.0. The molecule has 0 aliphatic carbocycles. The number of carbonyl (C=O) groups excluding carboxylic acids is 3. The lowest BCUT2D eigenvalue weighted by molar-refractivity contribution is -0.130. The lowest BCUT2D eigenvalue weighted by Gasteiger charge is -2.23. The van der Waals surface area contributed by atoms with Gasteiger partial charge in [-0.1, -0.05) is 58.0 Å². The fourth-order valence-electron chi connectivity index (χ4n) is 2.61. The van der Waals surface area contributed by atoms with Crippen LogP contribution in [0.2, 0.25) is 0 Å². The first-order valence-electron chi connectivity index (χ1n) is 9.92. The van der Waals surface area contributed by atoms with Crippen LogP contribution in [-0.4, -0.2) is 36.5 Å². The molecule has 1 rings (SSSR count). The Kier molecular flexibility index (Phi) is 10.7. The Labute approximate surface area is 167 Å². The molecule has 28 heavy (non-hydrogen) atoms. The molecular weight excluding hydrogens is 358 g/mol. The summed E-state index contributed by atoms with van der Waals surface area (Å²) in [6.07, 6.45) is 1.07. The summed E-state index contributed by atoms with van der Waals surface area (Å²) < 4.78 is 5.21. The normalized spacial score (nSPS) is 12.8. The van der Waals surface area contributed by atoms with Crippen LogP contribution in [0.15, 0.2) is 30.3 Å². The van der Waals surface area contributed by atoms with Crippen LogP contribution in [-0.2, 0) is 20.9 Å². The first-order valence-corrected chi connectivity index (χ1v) is 9.92. The third-order valence-corrected chi connectivity index (χ3v) is 4.12. The van der Waals surface area contributed by atoms with E-state index in [1.165, 1.54) is 0 Å². The minimum atomic E-state index is -0.767. The highest BCUT2D eigenvalue weighted by molar-refractivity contribution is 5.91. The molecule has 0 spiro atoms. The largest absolute Gasteiger partial charge is 0.445 e. The average Bonchev–Trinajstić information content (AvgIpc) is 2.68. The number of benzene rings is 1. The van der Waals surface area contributed by atoms with E-state index < -0.39 is 18.2 Å². The van der Waals surface area contributed by atoms with E-state index in [0.29, 0.717) is 19.4 Å². The number of carbonyl (C=O) groups is 3. The molecular formula is C21H33N3O4. The van der Waals surface area contributed by atoms with E-state index >= 15 is 0 Å². The van der Waals surface area contributed by atoms with Gasteiger partial charge in [-0.05, 0) is 30.7 Å². The van der Waals surface area contributed by atoms with Crippen molar-refractivity contribution in [3.63, 3.8) is 0 Å². The predicted molar refractivity (Wildman–Crippen MR) is 109 cm³/mol. The zero-order valence-electron chi connectivity index (χ0n) is 17.3. The number of alkyl carbamates (subject to hydrolysis) is 1. The van der Waals surface area contributed by atoms with Crippen molar-refractivity contribution in [2.24, 2.45) is 5.92 Å². The van der Waals surface area contributed by atoms with Crippen LogP contribution in [0, 0.1) is 5.92 Å². The zero-order chi connectivity index (χ0) is 20.9. The van der Waals surface area contributed by atoms with Crippen molar-refractivity contribution in [3.8, 4) is 0 Å². The first-order chi connectivity index (χ1) is 13.4. The van der Waals surface area contributed by atoms with Gasteiger partial charge < -0.3 is 20.7 Å². The Morgan fingerprint density at radius 2 is 1.64 bits per heavy atom. The van der Waals surface area contributed by atoms with Crippen molar-refractivity contribution in [1.29, 1.82) is 0 Å². The second kappa shape index (κ2) is 12.8. The Morgan fingerprint density at radius 1 is 0.964 bits per heavy atom. The van der Waals surface area contributed by atoms with Crippen LogP contribution in [0.4, 0.5) is 4.79 Å². The van der Waals surface area contributed by atoms with Gasteiger partial charge in [0.05, 0.1) is 0 Å².